The molecule has 0 saturated heterocycles. The van der Waals surface area contributed by atoms with Crippen molar-refractivity contribution < 1.29 is 20.1 Å². The number of aliphatic hydroxyl groups is 3. The molecule has 0 bridgehead atoms. The number of carbonyl (C=O) groups is 1. The van der Waals surface area contributed by atoms with Gasteiger partial charge in [0.25, 0.3) is 0 Å². The normalized spacial score (nSPS) is 14.3. The lowest BCUT2D eigenvalue weighted by molar-refractivity contribution is -0.124. The Hall–Kier alpha value is -1.17. The highest BCUT2D eigenvalue weighted by atomic mass is 16.3. The maximum Gasteiger partial charge on any atom is 0.223 e. The van der Waals surface area contributed by atoms with Gasteiger partial charge in [0, 0.05) is 0 Å². The Morgan fingerprint density at radius 3 is 1.56 bits per heavy atom. The third kappa shape index (κ3) is 26.8. The van der Waals surface area contributed by atoms with Gasteiger partial charge in [-0.2, -0.15) is 0 Å². The van der Waals surface area contributed by atoms with Gasteiger partial charge in [0.15, 0.2) is 0 Å². The molecule has 0 aromatic rings. The number of aliphatic hydroxyl groups excluding tert-OH is 3. The van der Waals surface area contributed by atoms with E-state index in [0.29, 0.717) is 6.42 Å². The number of rotatable bonds is 29. The van der Waals surface area contributed by atoms with E-state index in [1.807, 2.05) is 12.2 Å². The summed E-state index contributed by atoms with van der Waals surface area (Å²) in [6.45, 7) is 4.12. The van der Waals surface area contributed by atoms with Crippen molar-refractivity contribution in [3.8, 4) is 0 Å². The predicted molar refractivity (Wildman–Crippen MR) is 167 cm³/mol. The van der Waals surface area contributed by atoms with Crippen molar-refractivity contribution in [3.05, 3.63) is 24.3 Å². The van der Waals surface area contributed by atoms with Crippen LogP contribution in [0.1, 0.15) is 162 Å². The van der Waals surface area contributed by atoms with Gasteiger partial charge in [-0.05, 0) is 32.1 Å². The summed E-state index contributed by atoms with van der Waals surface area (Å²) >= 11 is 0. The Labute approximate surface area is 241 Å². The van der Waals surface area contributed by atoms with E-state index < -0.39 is 18.2 Å². The Kier molecular flexibility index (Phi) is 28.9. The summed E-state index contributed by atoms with van der Waals surface area (Å²) in [5.41, 5.74) is 0. The predicted octanol–water partition coefficient (Wildman–Crippen LogP) is 8.31. The molecule has 0 aliphatic carbocycles. The van der Waals surface area contributed by atoms with Crippen LogP contribution in [0.5, 0.6) is 0 Å². The molecular weight excluding hydrogens is 486 g/mol. The molecule has 0 rings (SSSR count). The minimum atomic E-state index is -0.935. The van der Waals surface area contributed by atoms with Crippen molar-refractivity contribution in [1.82, 2.24) is 5.32 Å². The average molecular weight is 552 g/mol. The zero-order valence-corrected chi connectivity index (χ0v) is 25.8. The standard InChI is InChI=1S/C34H65NO4/c1-3-5-7-9-11-12-13-14-15-16-17-18-19-20-22-24-26-28-33(38)32(30-36)35-34(39)29-31(37)27-25-23-21-10-8-6-4-2/h23,25-26,28,31-33,36-38H,3-22,24,27,29-30H2,1-2H3,(H,35,39)/b25-23-,28-26+. The molecule has 39 heavy (non-hydrogen) atoms. The topological polar surface area (TPSA) is 89.8 Å². The van der Waals surface area contributed by atoms with Crippen LogP contribution >= 0.6 is 0 Å². The number of hydrogen-bond donors (Lipinski definition) is 4. The molecule has 3 unspecified atom stereocenters. The summed E-state index contributed by atoms with van der Waals surface area (Å²) in [6.07, 6.45) is 33.2. The molecule has 230 valence electrons. The first-order valence-electron chi connectivity index (χ1n) is 16.6. The molecule has 0 aliphatic heterocycles. The van der Waals surface area contributed by atoms with Crippen LogP contribution in [0.15, 0.2) is 24.3 Å². The molecule has 0 spiro atoms. The molecule has 0 fully saturated rings. The fourth-order valence-electron chi connectivity index (χ4n) is 4.87. The van der Waals surface area contributed by atoms with Gasteiger partial charge in [0.1, 0.15) is 0 Å². The second kappa shape index (κ2) is 29.8. The second-order valence-corrected chi connectivity index (χ2v) is 11.4. The van der Waals surface area contributed by atoms with Crippen molar-refractivity contribution in [2.75, 3.05) is 6.61 Å². The molecule has 0 aromatic heterocycles. The number of unbranched alkanes of at least 4 members (excludes halogenated alkanes) is 19. The van der Waals surface area contributed by atoms with Gasteiger partial charge in [-0.3, -0.25) is 4.79 Å². The molecule has 0 radical (unpaired) electrons. The monoisotopic (exact) mass is 551 g/mol. The maximum absolute atomic E-state index is 12.2. The largest absolute Gasteiger partial charge is 0.394 e. The van der Waals surface area contributed by atoms with Gasteiger partial charge >= 0.3 is 0 Å². The lowest BCUT2D eigenvalue weighted by atomic mass is 10.0. The number of nitrogens with one attached hydrogen (secondary N) is 1. The van der Waals surface area contributed by atoms with Crippen LogP contribution in [0.25, 0.3) is 0 Å². The van der Waals surface area contributed by atoms with Gasteiger partial charge < -0.3 is 20.6 Å². The fraction of sp³-hybridized carbons (Fsp3) is 0.853. The molecule has 4 N–H and O–H groups in total. The van der Waals surface area contributed by atoms with Crippen molar-refractivity contribution >= 4 is 5.91 Å². The Morgan fingerprint density at radius 2 is 1.08 bits per heavy atom. The van der Waals surface area contributed by atoms with Crippen molar-refractivity contribution in [2.24, 2.45) is 0 Å². The molecule has 5 heteroatoms. The van der Waals surface area contributed by atoms with Crippen LogP contribution in [0, 0.1) is 0 Å². The van der Waals surface area contributed by atoms with E-state index in [9.17, 15) is 20.1 Å². The zero-order valence-electron chi connectivity index (χ0n) is 25.8. The third-order valence-electron chi connectivity index (χ3n) is 7.48. The Morgan fingerprint density at radius 1 is 0.641 bits per heavy atom. The smallest absolute Gasteiger partial charge is 0.223 e. The highest BCUT2D eigenvalue weighted by molar-refractivity contribution is 5.76. The summed E-state index contributed by atoms with van der Waals surface area (Å²) in [6, 6.07) is -0.754. The van der Waals surface area contributed by atoms with E-state index in [1.165, 1.54) is 109 Å². The van der Waals surface area contributed by atoms with E-state index in [0.717, 1.165) is 25.7 Å². The van der Waals surface area contributed by atoms with Crippen LogP contribution < -0.4 is 5.32 Å². The van der Waals surface area contributed by atoms with E-state index in [2.05, 4.69) is 25.2 Å². The molecule has 3 atom stereocenters. The van der Waals surface area contributed by atoms with E-state index in [-0.39, 0.29) is 18.9 Å². The fourth-order valence-corrected chi connectivity index (χ4v) is 4.87. The summed E-state index contributed by atoms with van der Waals surface area (Å²) < 4.78 is 0. The first-order chi connectivity index (χ1) is 19.0. The van der Waals surface area contributed by atoms with Crippen LogP contribution in [0.4, 0.5) is 0 Å². The van der Waals surface area contributed by atoms with Crippen LogP contribution in [0.3, 0.4) is 0 Å². The Bertz CT molecular complexity index is 578. The summed E-state index contributed by atoms with van der Waals surface area (Å²) in [5.74, 6) is -0.354. The molecule has 0 heterocycles. The minimum absolute atomic E-state index is 0.0355. The van der Waals surface area contributed by atoms with Gasteiger partial charge in [-0.25, -0.2) is 0 Å². The van der Waals surface area contributed by atoms with Gasteiger partial charge in [0.2, 0.25) is 5.91 Å². The molecule has 5 nitrogen and oxygen atoms in total. The van der Waals surface area contributed by atoms with Crippen LogP contribution in [0.2, 0.25) is 0 Å². The van der Waals surface area contributed by atoms with Gasteiger partial charge in [-0.15, -0.1) is 0 Å². The average Bonchev–Trinajstić information content (AvgIpc) is 2.92. The van der Waals surface area contributed by atoms with Crippen LogP contribution in [-0.2, 0) is 4.79 Å². The van der Waals surface area contributed by atoms with E-state index in [1.54, 1.807) is 6.08 Å². The molecule has 1 amide bonds. The minimum Gasteiger partial charge on any atom is -0.394 e. The highest BCUT2D eigenvalue weighted by Gasteiger charge is 2.19. The van der Waals surface area contributed by atoms with Gasteiger partial charge in [-0.1, -0.05) is 147 Å². The lowest BCUT2D eigenvalue weighted by Crippen LogP contribution is -2.45. The first kappa shape index (κ1) is 37.8. The van der Waals surface area contributed by atoms with Crippen molar-refractivity contribution in [3.63, 3.8) is 0 Å². The summed E-state index contributed by atoms with van der Waals surface area (Å²) in [5, 5.41) is 32.7. The number of allylic oxidation sites excluding steroid dienone is 2. The summed E-state index contributed by atoms with van der Waals surface area (Å²) in [7, 11) is 0. The molecule has 0 saturated carbocycles. The SMILES string of the molecule is CCCCCC/C=C\CC(O)CC(=O)NC(CO)C(O)/C=C/CCCCCCCCCCCCCCCCC. The second-order valence-electron chi connectivity index (χ2n) is 11.4. The zero-order chi connectivity index (χ0) is 28.8. The quantitative estimate of drug-likeness (QED) is 0.0556. The van der Waals surface area contributed by atoms with E-state index >= 15 is 0 Å². The molecule has 0 aromatic carbocycles. The molecular formula is C34H65NO4. The number of amides is 1. The number of hydrogen-bond acceptors (Lipinski definition) is 4. The van der Waals surface area contributed by atoms with Crippen molar-refractivity contribution in [1.29, 1.82) is 0 Å². The van der Waals surface area contributed by atoms with Crippen molar-refractivity contribution in [2.45, 2.75) is 180 Å². The maximum atomic E-state index is 12.2. The van der Waals surface area contributed by atoms with Crippen LogP contribution in [-0.4, -0.2) is 46.1 Å². The highest BCUT2D eigenvalue weighted by Crippen LogP contribution is 2.14. The third-order valence-corrected chi connectivity index (χ3v) is 7.48. The Balaban J connectivity index is 3.76. The van der Waals surface area contributed by atoms with E-state index in [4.69, 9.17) is 0 Å². The molecule has 0 aliphatic rings. The van der Waals surface area contributed by atoms with Gasteiger partial charge in [0.05, 0.1) is 31.3 Å². The summed E-state index contributed by atoms with van der Waals surface area (Å²) in [4.78, 5) is 12.2. The lowest BCUT2D eigenvalue weighted by Gasteiger charge is -2.20. The number of carbonyl (C=O) groups excluding carboxylic acids is 1. The first-order valence-corrected chi connectivity index (χ1v) is 16.6.